The smallest absolute Gasteiger partial charge is 0.243 e. The van der Waals surface area contributed by atoms with Crippen LogP contribution >= 0.6 is 0 Å². The number of amides is 1. The summed E-state index contributed by atoms with van der Waals surface area (Å²) in [5.41, 5.74) is 5.42. The summed E-state index contributed by atoms with van der Waals surface area (Å²) in [5.74, 6) is 0.515. The molecule has 1 heterocycles. The molecular formula is C25H34N2O4S. The third-order valence-corrected chi connectivity index (χ3v) is 8.20. The van der Waals surface area contributed by atoms with Crippen LogP contribution in [0.25, 0.3) is 0 Å². The van der Waals surface area contributed by atoms with Crippen LogP contribution in [0.3, 0.4) is 0 Å². The molecular weight excluding hydrogens is 424 g/mol. The number of hydrogen-bond acceptors (Lipinski definition) is 4. The maximum atomic E-state index is 12.9. The van der Waals surface area contributed by atoms with E-state index >= 15 is 0 Å². The lowest BCUT2D eigenvalue weighted by molar-refractivity contribution is -0.121. The van der Waals surface area contributed by atoms with E-state index in [1.807, 2.05) is 6.92 Å². The summed E-state index contributed by atoms with van der Waals surface area (Å²) in [5, 5.41) is 3.07. The van der Waals surface area contributed by atoms with Crippen molar-refractivity contribution in [2.75, 3.05) is 20.2 Å². The van der Waals surface area contributed by atoms with Gasteiger partial charge in [-0.1, -0.05) is 12.1 Å². The van der Waals surface area contributed by atoms with Crippen molar-refractivity contribution < 1.29 is 17.9 Å². The van der Waals surface area contributed by atoms with Crippen molar-refractivity contribution in [1.29, 1.82) is 0 Å². The molecule has 2 aromatic carbocycles. The number of aryl methyl sites for hydroxylation is 4. The van der Waals surface area contributed by atoms with E-state index in [0.717, 1.165) is 29.5 Å². The summed E-state index contributed by atoms with van der Waals surface area (Å²) in [6, 6.07) is 9.08. The van der Waals surface area contributed by atoms with E-state index in [2.05, 4.69) is 38.2 Å². The molecule has 0 saturated carbocycles. The van der Waals surface area contributed by atoms with Gasteiger partial charge in [-0.3, -0.25) is 4.79 Å². The van der Waals surface area contributed by atoms with Gasteiger partial charge in [-0.15, -0.1) is 0 Å². The van der Waals surface area contributed by atoms with Gasteiger partial charge in [-0.05, 0) is 93.0 Å². The number of nitrogens with one attached hydrogen (secondary N) is 1. The molecule has 1 aliphatic rings. The van der Waals surface area contributed by atoms with Crippen molar-refractivity contribution in [2.24, 2.45) is 0 Å². The summed E-state index contributed by atoms with van der Waals surface area (Å²) >= 11 is 0. The van der Waals surface area contributed by atoms with Crippen molar-refractivity contribution in [3.05, 3.63) is 58.1 Å². The van der Waals surface area contributed by atoms with Crippen LogP contribution in [-0.4, -0.2) is 38.8 Å². The SMILES string of the molecule is COc1ccc(S(=O)(=O)N2CCCC2)cc1CCC(=O)N[C@H](C)c1cc(C)c(C)cc1C. The van der Waals surface area contributed by atoms with Gasteiger partial charge in [-0.25, -0.2) is 8.42 Å². The van der Waals surface area contributed by atoms with Crippen molar-refractivity contribution in [1.82, 2.24) is 9.62 Å². The molecule has 1 fully saturated rings. The highest BCUT2D eigenvalue weighted by Gasteiger charge is 2.28. The minimum Gasteiger partial charge on any atom is -0.496 e. The Morgan fingerprint density at radius 3 is 2.38 bits per heavy atom. The first-order valence-corrected chi connectivity index (χ1v) is 12.6. The Balaban J connectivity index is 1.70. The third-order valence-electron chi connectivity index (χ3n) is 6.30. The van der Waals surface area contributed by atoms with Gasteiger partial charge >= 0.3 is 0 Å². The molecule has 1 saturated heterocycles. The third kappa shape index (κ3) is 5.33. The van der Waals surface area contributed by atoms with Crippen LogP contribution in [0, 0.1) is 20.8 Å². The molecule has 2 aromatic rings. The first kappa shape index (κ1) is 24.3. The lowest BCUT2D eigenvalue weighted by Gasteiger charge is -2.19. The number of nitrogens with zero attached hydrogens (tertiary/aromatic N) is 1. The van der Waals surface area contributed by atoms with E-state index < -0.39 is 10.0 Å². The molecule has 32 heavy (non-hydrogen) atoms. The average Bonchev–Trinajstić information content (AvgIpc) is 3.30. The fourth-order valence-corrected chi connectivity index (χ4v) is 5.85. The van der Waals surface area contributed by atoms with E-state index in [-0.39, 0.29) is 23.3 Å². The largest absolute Gasteiger partial charge is 0.496 e. The fourth-order valence-electron chi connectivity index (χ4n) is 4.28. The second-order valence-electron chi connectivity index (χ2n) is 8.67. The summed E-state index contributed by atoms with van der Waals surface area (Å²) < 4.78 is 32.8. The maximum absolute atomic E-state index is 12.9. The zero-order valence-corrected chi connectivity index (χ0v) is 20.5. The molecule has 1 atom stereocenters. The van der Waals surface area contributed by atoms with Gasteiger partial charge in [0.2, 0.25) is 15.9 Å². The molecule has 1 N–H and O–H groups in total. The average molecular weight is 459 g/mol. The van der Waals surface area contributed by atoms with Gasteiger partial charge in [0.05, 0.1) is 18.0 Å². The molecule has 0 unspecified atom stereocenters. The zero-order chi connectivity index (χ0) is 23.5. The molecule has 6 nitrogen and oxygen atoms in total. The molecule has 0 aromatic heterocycles. The topological polar surface area (TPSA) is 75.7 Å². The first-order chi connectivity index (χ1) is 15.1. The van der Waals surface area contributed by atoms with Crippen molar-refractivity contribution in [2.45, 2.75) is 64.3 Å². The summed E-state index contributed by atoms with van der Waals surface area (Å²) in [7, 11) is -1.96. The minimum atomic E-state index is -3.51. The van der Waals surface area contributed by atoms with E-state index in [9.17, 15) is 13.2 Å². The molecule has 1 aliphatic heterocycles. The summed E-state index contributed by atoms with van der Waals surface area (Å²) in [6.07, 6.45) is 2.43. The molecule has 174 valence electrons. The van der Waals surface area contributed by atoms with Gasteiger partial charge in [0.1, 0.15) is 5.75 Å². The van der Waals surface area contributed by atoms with Gasteiger partial charge in [-0.2, -0.15) is 4.31 Å². The van der Waals surface area contributed by atoms with Crippen LogP contribution in [0.15, 0.2) is 35.2 Å². The van der Waals surface area contributed by atoms with Crippen LogP contribution in [0.1, 0.15) is 60.0 Å². The highest BCUT2D eigenvalue weighted by Crippen LogP contribution is 2.28. The molecule has 0 radical (unpaired) electrons. The maximum Gasteiger partial charge on any atom is 0.243 e. The Hall–Kier alpha value is -2.38. The molecule has 0 bridgehead atoms. The molecule has 0 aliphatic carbocycles. The Morgan fingerprint density at radius 1 is 1.06 bits per heavy atom. The first-order valence-electron chi connectivity index (χ1n) is 11.2. The summed E-state index contributed by atoms with van der Waals surface area (Å²) in [4.78, 5) is 12.9. The van der Waals surface area contributed by atoms with E-state index in [0.29, 0.717) is 25.3 Å². The lowest BCUT2D eigenvalue weighted by Crippen LogP contribution is -2.28. The predicted molar refractivity (Wildman–Crippen MR) is 127 cm³/mol. The number of benzene rings is 2. The number of sulfonamides is 1. The van der Waals surface area contributed by atoms with E-state index in [1.54, 1.807) is 25.3 Å². The Bertz CT molecular complexity index is 1090. The van der Waals surface area contributed by atoms with Gasteiger partial charge < -0.3 is 10.1 Å². The fraction of sp³-hybridized carbons (Fsp3) is 0.480. The van der Waals surface area contributed by atoms with Crippen LogP contribution < -0.4 is 10.1 Å². The Kier molecular flexibility index (Phi) is 7.62. The standard InChI is InChI=1S/C25H34N2O4S/c1-17-14-19(3)23(15-18(17)2)20(4)26-25(28)11-8-21-16-22(9-10-24(21)31-5)32(29,30)27-12-6-7-13-27/h9-10,14-16,20H,6-8,11-13H2,1-5H3,(H,26,28)/t20-/m1/s1. The van der Waals surface area contributed by atoms with Gasteiger partial charge in [0.25, 0.3) is 0 Å². The number of carbonyl (C=O) groups is 1. The number of methoxy groups -OCH3 is 1. The number of hydrogen-bond donors (Lipinski definition) is 1. The highest BCUT2D eigenvalue weighted by molar-refractivity contribution is 7.89. The highest BCUT2D eigenvalue weighted by atomic mass is 32.2. The second-order valence-corrected chi connectivity index (χ2v) is 10.6. The quantitative estimate of drug-likeness (QED) is 0.643. The van der Waals surface area contributed by atoms with Crippen molar-refractivity contribution >= 4 is 15.9 Å². The van der Waals surface area contributed by atoms with Gasteiger partial charge in [0.15, 0.2) is 0 Å². The summed E-state index contributed by atoms with van der Waals surface area (Å²) in [6.45, 7) is 9.31. The molecule has 0 spiro atoms. The predicted octanol–water partition coefficient (Wildman–Crippen LogP) is 4.21. The van der Waals surface area contributed by atoms with E-state index in [4.69, 9.17) is 4.74 Å². The van der Waals surface area contributed by atoms with Crippen LogP contribution in [0.4, 0.5) is 0 Å². The van der Waals surface area contributed by atoms with Gasteiger partial charge in [0, 0.05) is 19.5 Å². The monoisotopic (exact) mass is 458 g/mol. The number of ether oxygens (including phenoxy) is 1. The van der Waals surface area contributed by atoms with Crippen LogP contribution in [0.5, 0.6) is 5.75 Å². The number of carbonyl (C=O) groups excluding carboxylic acids is 1. The Labute approximate surface area is 192 Å². The number of rotatable bonds is 8. The van der Waals surface area contributed by atoms with Crippen molar-refractivity contribution in [3.8, 4) is 5.75 Å². The van der Waals surface area contributed by atoms with Crippen molar-refractivity contribution in [3.63, 3.8) is 0 Å². The second kappa shape index (κ2) is 10.0. The van der Waals surface area contributed by atoms with Crippen LogP contribution in [-0.2, 0) is 21.2 Å². The zero-order valence-electron chi connectivity index (χ0n) is 19.7. The molecule has 7 heteroatoms. The van der Waals surface area contributed by atoms with E-state index in [1.165, 1.54) is 15.4 Å². The minimum absolute atomic E-state index is 0.0787. The normalized spacial score (nSPS) is 15.5. The molecule has 3 rings (SSSR count). The Morgan fingerprint density at radius 2 is 1.72 bits per heavy atom. The van der Waals surface area contributed by atoms with Crippen LogP contribution in [0.2, 0.25) is 0 Å². The lowest BCUT2D eigenvalue weighted by atomic mass is 9.96. The molecule has 1 amide bonds.